The number of methoxy groups -OCH3 is 1. The molecule has 0 fully saturated rings. The van der Waals surface area contributed by atoms with Crippen LogP contribution in [0.3, 0.4) is 0 Å². The number of nitro groups is 1. The van der Waals surface area contributed by atoms with Crippen molar-refractivity contribution in [1.29, 1.82) is 0 Å². The van der Waals surface area contributed by atoms with Gasteiger partial charge in [-0.3, -0.25) is 10.1 Å². The van der Waals surface area contributed by atoms with Gasteiger partial charge in [0.05, 0.1) is 11.5 Å². The molecule has 5 heteroatoms. The number of rotatable bonds is 6. The Morgan fingerprint density at radius 1 is 1.39 bits per heavy atom. The zero-order chi connectivity index (χ0) is 13.7. The lowest BCUT2D eigenvalue weighted by atomic mass is 10.1. The number of nitro benzene ring substituents is 1. The van der Waals surface area contributed by atoms with Gasteiger partial charge in [0.1, 0.15) is 5.69 Å². The van der Waals surface area contributed by atoms with E-state index in [1.165, 1.54) is 0 Å². The van der Waals surface area contributed by atoms with E-state index in [-0.39, 0.29) is 16.7 Å². The molecule has 1 rings (SSSR count). The van der Waals surface area contributed by atoms with E-state index >= 15 is 0 Å². The van der Waals surface area contributed by atoms with Crippen molar-refractivity contribution in [3.05, 3.63) is 33.4 Å². The first-order chi connectivity index (χ1) is 8.49. The summed E-state index contributed by atoms with van der Waals surface area (Å²) >= 11 is 0. The maximum Gasteiger partial charge on any atom is 0.292 e. The van der Waals surface area contributed by atoms with E-state index in [4.69, 9.17) is 4.74 Å². The fourth-order valence-electron chi connectivity index (χ4n) is 1.75. The summed E-state index contributed by atoms with van der Waals surface area (Å²) in [5.41, 5.74) is 2.64. The van der Waals surface area contributed by atoms with Crippen molar-refractivity contribution in [3.8, 4) is 0 Å². The smallest absolute Gasteiger partial charge is 0.292 e. The second kappa shape index (κ2) is 6.35. The maximum absolute atomic E-state index is 11.0. The summed E-state index contributed by atoms with van der Waals surface area (Å²) < 4.78 is 5.09. The monoisotopic (exact) mass is 252 g/mol. The average Bonchev–Trinajstić information content (AvgIpc) is 2.32. The van der Waals surface area contributed by atoms with Gasteiger partial charge in [0.2, 0.25) is 0 Å². The van der Waals surface area contributed by atoms with E-state index in [1.54, 1.807) is 13.2 Å². The minimum Gasteiger partial charge on any atom is -0.383 e. The zero-order valence-electron chi connectivity index (χ0n) is 11.3. The van der Waals surface area contributed by atoms with Gasteiger partial charge in [0, 0.05) is 19.2 Å². The normalized spacial score (nSPS) is 12.2. The van der Waals surface area contributed by atoms with Gasteiger partial charge in [0.15, 0.2) is 0 Å². The van der Waals surface area contributed by atoms with Crippen molar-refractivity contribution in [1.82, 2.24) is 0 Å². The van der Waals surface area contributed by atoms with Gasteiger partial charge in [-0.25, -0.2) is 0 Å². The van der Waals surface area contributed by atoms with Gasteiger partial charge in [-0.05, 0) is 37.5 Å². The molecule has 1 unspecified atom stereocenters. The van der Waals surface area contributed by atoms with Crippen molar-refractivity contribution in [2.24, 2.45) is 0 Å². The molecule has 0 radical (unpaired) electrons. The minimum absolute atomic E-state index is 0.0795. The highest BCUT2D eigenvalue weighted by molar-refractivity contribution is 5.64. The highest BCUT2D eigenvalue weighted by atomic mass is 16.6. The largest absolute Gasteiger partial charge is 0.383 e. The summed E-state index contributed by atoms with van der Waals surface area (Å²) in [6, 6.07) is 3.51. The molecule has 1 atom stereocenters. The Kier molecular flexibility index (Phi) is 5.09. The standard InChI is InChI=1S/C13H20N2O3/c1-5-11(8-18-4)14-12-6-9(2)10(3)7-13(12)15(16)17/h6-7,11,14H,5,8H2,1-4H3. The Morgan fingerprint density at radius 2 is 2.00 bits per heavy atom. The topological polar surface area (TPSA) is 64.4 Å². The van der Waals surface area contributed by atoms with Crippen molar-refractivity contribution < 1.29 is 9.66 Å². The Labute approximate surface area is 107 Å². The van der Waals surface area contributed by atoms with Crippen LogP contribution in [-0.2, 0) is 4.74 Å². The third-order valence-corrected chi connectivity index (χ3v) is 3.03. The Balaban J connectivity index is 3.06. The van der Waals surface area contributed by atoms with Gasteiger partial charge in [0.25, 0.3) is 5.69 Å². The molecule has 1 N–H and O–H groups in total. The first-order valence-corrected chi connectivity index (χ1v) is 6.00. The molecule has 1 aromatic carbocycles. The molecular formula is C13H20N2O3. The molecule has 18 heavy (non-hydrogen) atoms. The number of anilines is 1. The Morgan fingerprint density at radius 3 is 2.50 bits per heavy atom. The van der Waals surface area contributed by atoms with Crippen LogP contribution >= 0.6 is 0 Å². The second-order valence-electron chi connectivity index (χ2n) is 4.42. The molecule has 100 valence electrons. The second-order valence-corrected chi connectivity index (χ2v) is 4.42. The molecule has 0 aliphatic heterocycles. The van der Waals surface area contributed by atoms with Gasteiger partial charge < -0.3 is 10.1 Å². The molecule has 0 saturated carbocycles. The number of aryl methyl sites for hydroxylation is 2. The van der Waals surface area contributed by atoms with Crippen LogP contribution in [0.15, 0.2) is 12.1 Å². The molecular weight excluding hydrogens is 232 g/mol. The van der Waals surface area contributed by atoms with E-state index in [9.17, 15) is 10.1 Å². The molecule has 0 aromatic heterocycles. The summed E-state index contributed by atoms with van der Waals surface area (Å²) in [6.45, 7) is 6.37. The molecule has 0 heterocycles. The van der Waals surface area contributed by atoms with Crippen LogP contribution in [-0.4, -0.2) is 24.7 Å². The summed E-state index contributed by atoms with van der Waals surface area (Å²) in [5, 5.41) is 14.2. The lowest BCUT2D eigenvalue weighted by Gasteiger charge is -2.18. The Bertz CT molecular complexity index is 432. The van der Waals surface area contributed by atoms with Gasteiger partial charge in [-0.15, -0.1) is 0 Å². The fraction of sp³-hybridized carbons (Fsp3) is 0.538. The minimum atomic E-state index is -0.353. The van der Waals surface area contributed by atoms with Crippen molar-refractivity contribution >= 4 is 11.4 Å². The number of ether oxygens (including phenoxy) is 1. The summed E-state index contributed by atoms with van der Waals surface area (Å²) in [5.74, 6) is 0. The van der Waals surface area contributed by atoms with Gasteiger partial charge >= 0.3 is 0 Å². The molecule has 0 aliphatic carbocycles. The molecule has 0 spiro atoms. The van der Waals surface area contributed by atoms with Crippen LogP contribution in [0.4, 0.5) is 11.4 Å². The predicted molar refractivity (Wildman–Crippen MR) is 72.1 cm³/mol. The van der Waals surface area contributed by atoms with Crippen LogP contribution in [0.2, 0.25) is 0 Å². The highest BCUT2D eigenvalue weighted by Gasteiger charge is 2.17. The highest BCUT2D eigenvalue weighted by Crippen LogP contribution is 2.28. The first-order valence-electron chi connectivity index (χ1n) is 6.00. The summed E-state index contributed by atoms with van der Waals surface area (Å²) in [7, 11) is 1.62. The predicted octanol–water partition coefficient (Wildman–Crippen LogP) is 3.05. The SMILES string of the molecule is CCC(COC)Nc1cc(C)c(C)cc1[N+](=O)[O-]. The average molecular weight is 252 g/mol. The van der Waals surface area contributed by atoms with Crippen molar-refractivity contribution in [2.75, 3.05) is 19.0 Å². The van der Waals surface area contributed by atoms with Crippen LogP contribution in [0.5, 0.6) is 0 Å². The summed E-state index contributed by atoms with van der Waals surface area (Å²) in [6.07, 6.45) is 0.845. The van der Waals surface area contributed by atoms with Crippen LogP contribution in [0.25, 0.3) is 0 Å². The lowest BCUT2D eigenvalue weighted by molar-refractivity contribution is -0.384. The van der Waals surface area contributed by atoms with Gasteiger partial charge in [-0.2, -0.15) is 0 Å². The molecule has 0 amide bonds. The Hall–Kier alpha value is -1.62. The zero-order valence-corrected chi connectivity index (χ0v) is 11.3. The number of hydrogen-bond donors (Lipinski definition) is 1. The first kappa shape index (κ1) is 14.4. The lowest BCUT2D eigenvalue weighted by Crippen LogP contribution is -2.24. The quantitative estimate of drug-likeness (QED) is 0.624. The third kappa shape index (κ3) is 3.43. The molecule has 0 bridgehead atoms. The number of benzene rings is 1. The molecule has 0 aliphatic rings. The van der Waals surface area contributed by atoms with Crippen molar-refractivity contribution in [2.45, 2.75) is 33.2 Å². The van der Waals surface area contributed by atoms with Crippen LogP contribution < -0.4 is 5.32 Å². The molecule has 1 aromatic rings. The van der Waals surface area contributed by atoms with E-state index in [2.05, 4.69) is 5.32 Å². The van der Waals surface area contributed by atoms with E-state index in [0.717, 1.165) is 17.5 Å². The van der Waals surface area contributed by atoms with Crippen LogP contribution in [0, 0.1) is 24.0 Å². The van der Waals surface area contributed by atoms with E-state index in [0.29, 0.717) is 12.3 Å². The van der Waals surface area contributed by atoms with Crippen molar-refractivity contribution in [3.63, 3.8) is 0 Å². The molecule has 0 saturated heterocycles. The molecule has 5 nitrogen and oxygen atoms in total. The van der Waals surface area contributed by atoms with Crippen LogP contribution in [0.1, 0.15) is 24.5 Å². The number of hydrogen-bond acceptors (Lipinski definition) is 4. The van der Waals surface area contributed by atoms with E-state index in [1.807, 2.05) is 26.8 Å². The van der Waals surface area contributed by atoms with E-state index < -0.39 is 0 Å². The number of nitrogens with one attached hydrogen (secondary N) is 1. The van der Waals surface area contributed by atoms with Gasteiger partial charge in [-0.1, -0.05) is 6.92 Å². The maximum atomic E-state index is 11.0. The third-order valence-electron chi connectivity index (χ3n) is 3.03. The number of nitrogens with zero attached hydrogens (tertiary/aromatic N) is 1. The summed E-state index contributed by atoms with van der Waals surface area (Å²) in [4.78, 5) is 10.7. The fourth-order valence-corrected chi connectivity index (χ4v) is 1.75.